The van der Waals surface area contributed by atoms with Gasteiger partial charge in [0.15, 0.2) is 3.77 Å². The average Bonchev–Trinajstić information content (AvgIpc) is 2.97. The van der Waals surface area contributed by atoms with Crippen molar-refractivity contribution in [1.29, 1.82) is 0 Å². The Labute approximate surface area is 157 Å². The lowest BCUT2D eigenvalue weighted by Crippen LogP contribution is -1.97. The first-order valence-corrected chi connectivity index (χ1v) is 8.69. The molecule has 0 atom stereocenters. The molecule has 4 rings (SSSR count). The molecular weight excluding hydrogens is 437 g/mol. The van der Waals surface area contributed by atoms with Crippen molar-refractivity contribution < 1.29 is 4.42 Å². The summed E-state index contributed by atoms with van der Waals surface area (Å²) in [6.07, 6.45) is 1.73. The molecule has 2 heterocycles. The largest absolute Gasteiger partial charge is 0.450 e. The summed E-state index contributed by atoms with van der Waals surface area (Å²) in [4.78, 5) is 8.88. The Balaban J connectivity index is 1.72. The van der Waals surface area contributed by atoms with Crippen LogP contribution >= 0.6 is 34.2 Å². The van der Waals surface area contributed by atoms with E-state index in [1.54, 1.807) is 6.20 Å². The van der Waals surface area contributed by atoms with Crippen molar-refractivity contribution >= 4 is 56.8 Å². The third-order valence-corrected chi connectivity index (χ3v) is 4.33. The highest BCUT2D eigenvalue weighted by atomic mass is 127. The highest BCUT2D eigenvalue weighted by molar-refractivity contribution is 14.1. The van der Waals surface area contributed by atoms with Gasteiger partial charge in [0.05, 0.1) is 5.69 Å². The summed E-state index contributed by atoms with van der Waals surface area (Å²) in [5.41, 5.74) is 3.45. The molecule has 2 aromatic heterocycles. The van der Waals surface area contributed by atoms with Gasteiger partial charge < -0.3 is 9.73 Å². The zero-order valence-corrected chi connectivity index (χ0v) is 15.2. The number of nitrogens with one attached hydrogen (secondary N) is 1. The molecule has 6 heteroatoms. The molecule has 118 valence electrons. The number of fused-ring (bicyclic) bond motifs is 1. The van der Waals surface area contributed by atoms with Gasteiger partial charge in [0, 0.05) is 27.9 Å². The van der Waals surface area contributed by atoms with Gasteiger partial charge in [0.25, 0.3) is 0 Å². The van der Waals surface area contributed by atoms with Gasteiger partial charge in [-0.15, -0.1) is 0 Å². The zero-order valence-electron chi connectivity index (χ0n) is 12.3. The molecule has 0 saturated heterocycles. The van der Waals surface area contributed by atoms with Crippen LogP contribution < -0.4 is 5.32 Å². The Kier molecular flexibility index (Phi) is 4.12. The second kappa shape index (κ2) is 6.41. The average molecular weight is 448 g/mol. The van der Waals surface area contributed by atoms with Crippen LogP contribution in [0, 0.1) is 3.77 Å². The highest BCUT2D eigenvalue weighted by Crippen LogP contribution is 2.31. The van der Waals surface area contributed by atoms with Crippen molar-refractivity contribution in [1.82, 2.24) is 9.97 Å². The van der Waals surface area contributed by atoms with Gasteiger partial charge in [0.2, 0.25) is 5.95 Å². The van der Waals surface area contributed by atoms with Gasteiger partial charge in [0.1, 0.15) is 5.58 Å². The Bertz CT molecular complexity index is 1010. The molecule has 0 saturated carbocycles. The fourth-order valence-corrected chi connectivity index (χ4v) is 3.15. The summed E-state index contributed by atoms with van der Waals surface area (Å²) in [7, 11) is 0. The number of aromatic nitrogens is 2. The summed E-state index contributed by atoms with van der Waals surface area (Å²) in [6.45, 7) is 0. The molecule has 0 amide bonds. The van der Waals surface area contributed by atoms with Crippen LogP contribution in [-0.2, 0) is 0 Å². The molecule has 0 aliphatic heterocycles. The second-order valence-electron chi connectivity index (χ2n) is 5.17. The van der Waals surface area contributed by atoms with Crippen LogP contribution in [0.2, 0.25) is 5.02 Å². The molecule has 0 aliphatic rings. The maximum atomic E-state index is 5.91. The number of hydrogen-bond donors (Lipinski definition) is 1. The topological polar surface area (TPSA) is 51.0 Å². The molecular formula is C18H11ClIN3O. The quantitative estimate of drug-likeness (QED) is 0.398. The molecule has 0 bridgehead atoms. The monoisotopic (exact) mass is 447 g/mol. The molecule has 0 aliphatic carbocycles. The van der Waals surface area contributed by atoms with Gasteiger partial charge >= 0.3 is 0 Å². The number of furan rings is 1. The number of hydrogen-bond acceptors (Lipinski definition) is 4. The second-order valence-corrected chi connectivity index (χ2v) is 6.67. The number of benzene rings is 2. The lowest BCUT2D eigenvalue weighted by Gasteiger charge is -2.07. The summed E-state index contributed by atoms with van der Waals surface area (Å²) >= 11 is 8.08. The Morgan fingerprint density at radius 3 is 2.71 bits per heavy atom. The molecule has 24 heavy (non-hydrogen) atoms. The Hall–Kier alpha value is -2.12. The minimum absolute atomic E-state index is 0.521. The lowest BCUT2D eigenvalue weighted by molar-refractivity contribution is 0.585. The van der Waals surface area contributed by atoms with E-state index < -0.39 is 0 Å². The third-order valence-electron chi connectivity index (χ3n) is 3.55. The number of nitrogens with zero attached hydrogens (tertiary/aromatic N) is 2. The van der Waals surface area contributed by atoms with E-state index in [-0.39, 0.29) is 0 Å². The number of para-hydroxylation sites is 1. The molecule has 4 aromatic rings. The number of anilines is 2. The first-order chi connectivity index (χ1) is 11.7. The molecule has 2 aromatic carbocycles. The first kappa shape index (κ1) is 15.4. The van der Waals surface area contributed by atoms with Crippen molar-refractivity contribution in [2.24, 2.45) is 0 Å². The molecule has 0 fully saturated rings. The zero-order chi connectivity index (χ0) is 16.5. The van der Waals surface area contributed by atoms with E-state index in [9.17, 15) is 0 Å². The van der Waals surface area contributed by atoms with Crippen molar-refractivity contribution in [3.8, 4) is 11.3 Å². The molecule has 0 unspecified atom stereocenters. The minimum atomic E-state index is 0.521. The van der Waals surface area contributed by atoms with Crippen molar-refractivity contribution in [2.45, 2.75) is 0 Å². The van der Waals surface area contributed by atoms with Crippen LogP contribution in [-0.4, -0.2) is 9.97 Å². The minimum Gasteiger partial charge on any atom is -0.450 e. The van der Waals surface area contributed by atoms with Gasteiger partial charge in [-0.05, 0) is 65.1 Å². The van der Waals surface area contributed by atoms with E-state index in [4.69, 9.17) is 16.0 Å². The lowest BCUT2D eigenvalue weighted by atomic mass is 10.1. The summed E-state index contributed by atoms with van der Waals surface area (Å²) < 4.78 is 6.67. The van der Waals surface area contributed by atoms with Gasteiger partial charge in [-0.1, -0.05) is 23.7 Å². The predicted octanol–water partition coefficient (Wildman–Crippen LogP) is 5.89. The molecule has 1 N–H and O–H groups in total. The smallest absolute Gasteiger partial charge is 0.227 e. The summed E-state index contributed by atoms with van der Waals surface area (Å²) in [5, 5.41) is 4.93. The van der Waals surface area contributed by atoms with Crippen molar-refractivity contribution in [3.63, 3.8) is 0 Å². The summed E-state index contributed by atoms with van der Waals surface area (Å²) in [5.74, 6) is 0.521. The molecule has 0 radical (unpaired) electrons. The van der Waals surface area contributed by atoms with E-state index in [1.807, 2.05) is 54.6 Å². The highest BCUT2D eigenvalue weighted by Gasteiger charge is 2.11. The van der Waals surface area contributed by atoms with Crippen molar-refractivity contribution in [2.75, 3.05) is 5.32 Å². The van der Waals surface area contributed by atoms with E-state index in [2.05, 4.69) is 37.9 Å². The van der Waals surface area contributed by atoms with Crippen LogP contribution in [0.4, 0.5) is 11.6 Å². The van der Waals surface area contributed by atoms with E-state index >= 15 is 0 Å². The summed E-state index contributed by atoms with van der Waals surface area (Å²) in [6, 6.07) is 17.3. The Morgan fingerprint density at radius 2 is 1.88 bits per heavy atom. The maximum absolute atomic E-state index is 5.91. The van der Waals surface area contributed by atoms with Gasteiger partial charge in [-0.3, -0.25) is 0 Å². The number of rotatable bonds is 3. The van der Waals surface area contributed by atoms with Crippen LogP contribution in [0.5, 0.6) is 0 Å². The molecule has 4 nitrogen and oxygen atoms in total. The van der Waals surface area contributed by atoms with E-state index in [0.717, 1.165) is 31.7 Å². The predicted molar refractivity (Wildman–Crippen MR) is 105 cm³/mol. The standard InChI is InChI=1S/C18H11ClIN3O/c19-12-4-6-13(7-5-12)22-18-21-9-8-15(23-18)14-3-1-2-11-10-16(20)24-17(11)14/h1-10H,(H,21,22,23). The SMILES string of the molecule is Clc1ccc(Nc2nccc(-c3cccc4cc(I)oc34)n2)cc1. The number of halogens is 2. The van der Waals surface area contributed by atoms with Crippen molar-refractivity contribution in [3.05, 3.63) is 69.6 Å². The van der Waals surface area contributed by atoms with Crippen LogP contribution in [0.25, 0.3) is 22.2 Å². The fraction of sp³-hybridized carbons (Fsp3) is 0. The van der Waals surface area contributed by atoms with Crippen LogP contribution in [0.3, 0.4) is 0 Å². The molecule has 0 spiro atoms. The van der Waals surface area contributed by atoms with E-state index in [1.165, 1.54) is 0 Å². The third kappa shape index (κ3) is 3.09. The Morgan fingerprint density at radius 1 is 1.04 bits per heavy atom. The van der Waals surface area contributed by atoms with Gasteiger partial charge in [-0.2, -0.15) is 0 Å². The van der Waals surface area contributed by atoms with Gasteiger partial charge in [-0.25, -0.2) is 9.97 Å². The van der Waals surface area contributed by atoms with Crippen LogP contribution in [0.1, 0.15) is 0 Å². The maximum Gasteiger partial charge on any atom is 0.227 e. The first-order valence-electron chi connectivity index (χ1n) is 7.23. The van der Waals surface area contributed by atoms with Crippen LogP contribution in [0.15, 0.2) is 65.2 Å². The fourth-order valence-electron chi connectivity index (χ4n) is 2.46. The van der Waals surface area contributed by atoms with E-state index in [0.29, 0.717) is 11.0 Å². The normalized spacial score (nSPS) is 10.9.